The molecule has 0 aliphatic carbocycles. The van der Waals surface area contributed by atoms with E-state index in [0.29, 0.717) is 5.25 Å². The number of piperazine rings is 1. The number of aliphatic imine (C=N–C) groups is 1. The summed E-state index contributed by atoms with van der Waals surface area (Å²) in [6, 6.07) is 0. The van der Waals surface area contributed by atoms with E-state index < -0.39 is 0 Å². The Morgan fingerprint density at radius 2 is 2.04 bits per heavy atom. The first-order valence-corrected chi connectivity index (χ1v) is 10.4. The molecule has 0 saturated carbocycles. The van der Waals surface area contributed by atoms with Crippen LogP contribution in [0.15, 0.2) is 4.99 Å². The van der Waals surface area contributed by atoms with E-state index in [4.69, 9.17) is 4.99 Å². The molecular weight excluding hydrogens is 455 g/mol. The molecule has 1 fully saturated rings. The monoisotopic (exact) mass is 484 g/mol. The average Bonchev–Trinajstić information content (AvgIpc) is 3.07. The Balaban J connectivity index is 0.00000288. The summed E-state index contributed by atoms with van der Waals surface area (Å²) in [4.78, 5) is 14.1. The Hall–Kier alpha value is -0.290. The van der Waals surface area contributed by atoms with Crippen molar-refractivity contribution < 1.29 is 0 Å². The molecule has 1 unspecified atom stereocenters. The molecule has 24 heavy (non-hydrogen) atoms. The van der Waals surface area contributed by atoms with Gasteiger partial charge in [-0.1, -0.05) is 13.8 Å². The Bertz CT molecular complexity index is 502. The van der Waals surface area contributed by atoms with Crippen molar-refractivity contribution >= 4 is 58.4 Å². The molecular formula is C15H29IN6S2. The highest BCUT2D eigenvalue weighted by molar-refractivity contribution is 14.0. The highest BCUT2D eigenvalue weighted by Gasteiger charge is 2.22. The second-order valence-electron chi connectivity index (χ2n) is 5.56. The molecule has 0 amide bonds. The van der Waals surface area contributed by atoms with Crippen LogP contribution in [-0.4, -0.2) is 71.0 Å². The van der Waals surface area contributed by atoms with Crippen LogP contribution >= 0.6 is 47.3 Å². The molecule has 1 aliphatic rings. The van der Waals surface area contributed by atoms with Gasteiger partial charge in [-0.3, -0.25) is 4.99 Å². The number of hydrogen-bond donors (Lipinski definition) is 1. The minimum absolute atomic E-state index is 0. The summed E-state index contributed by atoms with van der Waals surface area (Å²) in [5, 5.41) is 5.03. The van der Waals surface area contributed by atoms with Crippen LogP contribution in [0.2, 0.25) is 0 Å². The van der Waals surface area contributed by atoms with Crippen LogP contribution < -0.4 is 10.2 Å². The first-order chi connectivity index (χ1) is 11.2. The van der Waals surface area contributed by atoms with Crippen LogP contribution in [0.5, 0.6) is 0 Å². The summed E-state index contributed by atoms with van der Waals surface area (Å²) in [5.74, 6) is 1.99. The lowest BCUT2D eigenvalue weighted by atomic mass is 10.3. The van der Waals surface area contributed by atoms with Gasteiger partial charge in [-0.15, -0.1) is 24.0 Å². The summed E-state index contributed by atoms with van der Waals surface area (Å²) in [6.45, 7) is 12.1. The van der Waals surface area contributed by atoms with Gasteiger partial charge in [-0.05, 0) is 13.2 Å². The van der Waals surface area contributed by atoms with Gasteiger partial charge in [0.2, 0.25) is 5.13 Å². The summed E-state index contributed by atoms with van der Waals surface area (Å²) in [5.41, 5.74) is 0. The lowest BCUT2D eigenvalue weighted by Crippen LogP contribution is -2.52. The summed E-state index contributed by atoms with van der Waals surface area (Å²) in [6.07, 6.45) is 3.04. The molecule has 1 aromatic heterocycles. The van der Waals surface area contributed by atoms with E-state index in [9.17, 15) is 0 Å². The predicted molar refractivity (Wildman–Crippen MR) is 117 cm³/mol. The van der Waals surface area contributed by atoms with Gasteiger partial charge in [-0.2, -0.15) is 16.1 Å². The largest absolute Gasteiger partial charge is 0.357 e. The molecule has 0 bridgehead atoms. The number of hydrogen-bond acceptors (Lipinski definition) is 6. The van der Waals surface area contributed by atoms with Crippen molar-refractivity contribution in [3.63, 3.8) is 0 Å². The van der Waals surface area contributed by atoms with Gasteiger partial charge in [0, 0.05) is 55.9 Å². The van der Waals surface area contributed by atoms with Gasteiger partial charge < -0.3 is 15.1 Å². The number of nitrogens with zero attached hydrogens (tertiary/aromatic N) is 5. The highest BCUT2D eigenvalue weighted by atomic mass is 127. The average molecular weight is 484 g/mol. The van der Waals surface area contributed by atoms with E-state index in [1.807, 2.05) is 11.8 Å². The first kappa shape index (κ1) is 21.8. The van der Waals surface area contributed by atoms with Crippen molar-refractivity contribution in [3.05, 3.63) is 5.82 Å². The standard InChI is InChI=1S/C15H28N6S2.HI/c1-5-13-18-15(23-19-13)21-9-7-20(8-10-21)14(16-6-2)17-11-12(3)22-4;/h12H,5-11H2,1-4H3,(H,16,17);1H. The van der Waals surface area contributed by atoms with Gasteiger partial charge in [0.05, 0.1) is 6.54 Å². The van der Waals surface area contributed by atoms with Crippen LogP contribution in [0, 0.1) is 0 Å². The van der Waals surface area contributed by atoms with Crippen LogP contribution in [-0.2, 0) is 6.42 Å². The Morgan fingerprint density at radius 3 is 2.58 bits per heavy atom. The number of nitrogens with one attached hydrogen (secondary N) is 1. The molecule has 138 valence electrons. The zero-order chi connectivity index (χ0) is 16.7. The summed E-state index contributed by atoms with van der Waals surface area (Å²) >= 11 is 3.37. The van der Waals surface area contributed by atoms with Crippen LogP contribution in [0.4, 0.5) is 5.13 Å². The SMILES string of the molecule is CCNC(=NCC(C)SC)N1CCN(c2nc(CC)ns2)CC1.I. The van der Waals surface area contributed by atoms with Crippen LogP contribution in [0.3, 0.4) is 0 Å². The molecule has 0 aromatic carbocycles. The quantitative estimate of drug-likeness (QED) is 0.381. The minimum Gasteiger partial charge on any atom is -0.357 e. The van der Waals surface area contributed by atoms with Crippen molar-refractivity contribution in [2.75, 3.05) is 50.4 Å². The maximum Gasteiger partial charge on any atom is 0.205 e. The van der Waals surface area contributed by atoms with Crippen LogP contribution in [0.1, 0.15) is 26.6 Å². The first-order valence-electron chi connectivity index (χ1n) is 8.31. The molecule has 1 saturated heterocycles. The number of rotatable bonds is 6. The number of anilines is 1. The lowest BCUT2D eigenvalue weighted by molar-refractivity contribution is 0.372. The maximum atomic E-state index is 4.79. The van der Waals surface area contributed by atoms with E-state index in [1.165, 1.54) is 11.5 Å². The van der Waals surface area contributed by atoms with Crippen molar-refractivity contribution in [2.45, 2.75) is 32.4 Å². The molecule has 9 heteroatoms. The normalized spacial score (nSPS) is 16.8. The van der Waals surface area contributed by atoms with Gasteiger partial charge in [0.15, 0.2) is 5.96 Å². The summed E-state index contributed by atoms with van der Waals surface area (Å²) < 4.78 is 4.39. The van der Waals surface area contributed by atoms with Gasteiger partial charge >= 0.3 is 0 Å². The molecule has 1 atom stereocenters. The zero-order valence-corrected chi connectivity index (χ0v) is 19.0. The smallest absolute Gasteiger partial charge is 0.205 e. The fourth-order valence-corrected chi connectivity index (χ4v) is 3.37. The molecule has 1 aromatic rings. The molecule has 1 N–H and O–H groups in total. The van der Waals surface area contributed by atoms with E-state index in [-0.39, 0.29) is 24.0 Å². The Morgan fingerprint density at radius 1 is 1.33 bits per heavy atom. The molecule has 6 nitrogen and oxygen atoms in total. The zero-order valence-electron chi connectivity index (χ0n) is 15.0. The topological polar surface area (TPSA) is 56.7 Å². The number of halogens is 1. The van der Waals surface area contributed by atoms with Crippen LogP contribution in [0.25, 0.3) is 0 Å². The van der Waals surface area contributed by atoms with E-state index >= 15 is 0 Å². The second kappa shape index (κ2) is 11.3. The van der Waals surface area contributed by atoms with E-state index in [2.05, 4.69) is 51.5 Å². The molecule has 0 spiro atoms. The van der Waals surface area contributed by atoms with Crippen molar-refractivity contribution in [1.82, 2.24) is 19.6 Å². The predicted octanol–water partition coefficient (Wildman–Crippen LogP) is 2.56. The summed E-state index contributed by atoms with van der Waals surface area (Å²) in [7, 11) is 0. The second-order valence-corrected chi connectivity index (χ2v) is 7.57. The fraction of sp³-hybridized carbons (Fsp3) is 0.800. The number of guanidine groups is 1. The van der Waals surface area contributed by atoms with E-state index in [0.717, 1.165) is 62.6 Å². The Kier molecular flexibility index (Phi) is 10.3. The molecule has 0 radical (unpaired) electrons. The molecule has 1 aliphatic heterocycles. The van der Waals surface area contributed by atoms with Gasteiger partial charge in [0.1, 0.15) is 5.82 Å². The molecule has 2 heterocycles. The third-order valence-corrected chi connectivity index (χ3v) is 5.63. The van der Waals surface area contributed by atoms with Crippen molar-refractivity contribution in [2.24, 2.45) is 4.99 Å². The lowest BCUT2D eigenvalue weighted by Gasteiger charge is -2.36. The fourth-order valence-electron chi connectivity index (χ4n) is 2.34. The van der Waals surface area contributed by atoms with Gasteiger partial charge in [-0.25, -0.2) is 4.98 Å². The van der Waals surface area contributed by atoms with Crippen molar-refractivity contribution in [1.29, 1.82) is 0 Å². The maximum absolute atomic E-state index is 4.79. The highest BCUT2D eigenvalue weighted by Crippen LogP contribution is 2.19. The minimum atomic E-state index is 0. The number of thioether (sulfide) groups is 1. The Labute approximate surface area is 171 Å². The van der Waals surface area contributed by atoms with E-state index in [1.54, 1.807) is 0 Å². The third kappa shape index (κ3) is 6.21. The molecule has 2 rings (SSSR count). The van der Waals surface area contributed by atoms with Crippen molar-refractivity contribution in [3.8, 4) is 0 Å². The third-order valence-electron chi connectivity index (χ3n) is 3.86. The number of aryl methyl sites for hydroxylation is 1. The van der Waals surface area contributed by atoms with Gasteiger partial charge in [0.25, 0.3) is 0 Å². The number of aromatic nitrogens is 2.